The number of amides is 1. The molecule has 0 aliphatic carbocycles. The minimum atomic E-state index is -0.179. The van der Waals surface area contributed by atoms with Gasteiger partial charge in [0.2, 0.25) is 5.91 Å². The Kier molecular flexibility index (Phi) is 5.77. The van der Waals surface area contributed by atoms with Crippen molar-refractivity contribution in [3.05, 3.63) is 88.5 Å². The van der Waals surface area contributed by atoms with Gasteiger partial charge in [0.15, 0.2) is 0 Å². The molecule has 30 heavy (non-hydrogen) atoms. The highest BCUT2D eigenvalue weighted by molar-refractivity contribution is 7.22. The Bertz CT molecular complexity index is 1230. The molecule has 0 saturated carbocycles. The van der Waals surface area contributed by atoms with E-state index in [-0.39, 0.29) is 18.0 Å². The molecule has 0 fully saturated rings. The summed E-state index contributed by atoms with van der Waals surface area (Å²) in [7, 11) is 1.76. The maximum absolute atomic E-state index is 12.9. The number of nitrogens with zero attached hydrogens (tertiary/aromatic N) is 3. The molecule has 2 aromatic heterocycles. The van der Waals surface area contributed by atoms with Crippen LogP contribution >= 0.6 is 11.3 Å². The molecule has 5 nitrogen and oxygen atoms in total. The van der Waals surface area contributed by atoms with Gasteiger partial charge in [0.05, 0.1) is 11.8 Å². The predicted octanol–water partition coefficient (Wildman–Crippen LogP) is 4.35. The Hall–Kier alpha value is -3.25. The Labute approximate surface area is 179 Å². The average Bonchev–Trinajstić information content (AvgIpc) is 3.22. The Morgan fingerprint density at radius 2 is 1.77 bits per heavy atom. The van der Waals surface area contributed by atoms with Crippen LogP contribution in [-0.2, 0) is 24.3 Å². The largest absolute Gasteiger partial charge is 0.340 e. The van der Waals surface area contributed by atoms with Crippen molar-refractivity contribution < 1.29 is 4.79 Å². The first-order valence-electron chi connectivity index (χ1n) is 9.91. The molecule has 0 saturated heterocycles. The molecule has 152 valence electrons. The topological polar surface area (TPSA) is 55.2 Å². The number of carbonyl (C=O) groups excluding carboxylic acids is 1. The van der Waals surface area contributed by atoms with Crippen molar-refractivity contribution in [1.29, 1.82) is 0 Å². The van der Waals surface area contributed by atoms with E-state index >= 15 is 0 Å². The lowest BCUT2D eigenvalue weighted by molar-refractivity contribution is -0.131. The minimum Gasteiger partial charge on any atom is -0.340 e. The number of benzene rings is 2. The maximum atomic E-state index is 12.9. The van der Waals surface area contributed by atoms with Gasteiger partial charge in [-0.25, -0.2) is 4.98 Å². The van der Waals surface area contributed by atoms with Crippen LogP contribution in [0.3, 0.4) is 0 Å². The quantitative estimate of drug-likeness (QED) is 0.469. The monoisotopic (exact) mass is 417 g/mol. The fourth-order valence-corrected chi connectivity index (χ4v) is 4.38. The van der Waals surface area contributed by atoms with Crippen molar-refractivity contribution in [2.24, 2.45) is 0 Å². The second kappa shape index (κ2) is 8.63. The van der Waals surface area contributed by atoms with E-state index in [0.717, 1.165) is 22.4 Å². The number of aryl methyl sites for hydroxylation is 1. The summed E-state index contributed by atoms with van der Waals surface area (Å²) in [6.45, 7) is 2.60. The van der Waals surface area contributed by atoms with Crippen molar-refractivity contribution in [1.82, 2.24) is 14.5 Å². The highest BCUT2D eigenvalue weighted by atomic mass is 32.1. The van der Waals surface area contributed by atoms with Crippen molar-refractivity contribution >= 4 is 27.5 Å². The molecule has 0 aliphatic rings. The third kappa shape index (κ3) is 4.19. The van der Waals surface area contributed by atoms with Gasteiger partial charge in [-0.05, 0) is 29.2 Å². The van der Waals surface area contributed by atoms with Crippen molar-refractivity contribution in [2.75, 3.05) is 7.05 Å². The summed E-state index contributed by atoms with van der Waals surface area (Å²) in [4.78, 5) is 32.7. The Morgan fingerprint density at radius 1 is 1.07 bits per heavy atom. The van der Waals surface area contributed by atoms with Crippen LogP contribution in [0.15, 0.2) is 71.8 Å². The van der Waals surface area contributed by atoms with E-state index in [0.29, 0.717) is 16.8 Å². The van der Waals surface area contributed by atoms with Crippen LogP contribution in [0.25, 0.3) is 20.7 Å². The first-order valence-corrected chi connectivity index (χ1v) is 10.7. The summed E-state index contributed by atoms with van der Waals surface area (Å²) >= 11 is 1.41. The van der Waals surface area contributed by atoms with Crippen LogP contribution in [0, 0.1) is 0 Å². The third-order valence-corrected chi connectivity index (χ3v) is 6.31. The van der Waals surface area contributed by atoms with Crippen LogP contribution in [0.1, 0.15) is 18.1 Å². The first kappa shape index (κ1) is 20.0. The molecule has 2 aromatic carbocycles. The molecule has 1 amide bonds. The lowest BCUT2D eigenvalue weighted by atomic mass is 10.1. The van der Waals surface area contributed by atoms with Crippen LogP contribution in [0.2, 0.25) is 0 Å². The van der Waals surface area contributed by atoms with Gasteiger partial charge >= 0.3 is 0 Å². The smallest absolute Gasteiger partial charge is 0.271 e. The molecule has 0 atom stereocenters. The summed E-state index contributed by atoms with van der Waals surface area (Å²) in [5, 5.41) is 0. The van der Waals surface area contributed by atoms with E-state index in [1.807, 2.05) is 48.5 Å². The minimum absolute atomic E-state index is 0.0239. The molecule has 0 radical (unpaired) electrons. The molecule has 4 rings (SSSR count). The van der Waals surface area contributed by atoms with Gasteiger partial charge in [0.1, 0.15) is 11.2 Å². The average molecular weight is 418 g/mol. The lowest BCUT2D eigenvalue weighted by Gasteiger charge is -2.18. The van der Waals surface area contributed by atoms with Gasteiger partial charge in [-0.2, -0.15) is 0 Å². The number of hydrogen-bond acceptors (Lipinski definition) is 4. The molecule has 2 heterocycles. The third-order valence-electron chi connectivity index (χ3n) is 5.14. The fraction of sp³-hybridized carbons (Fsp3) is 0.208. The number of hydrogen-bond donors (Lipinski definition) is 0. The normalized spacial score (nSPS) is 11.0. The molecular formula is C24H23N3O2S. The van der Waals surface area contributed by atoms with Gasteiger partial charge in [-0.3, -0.25) is 14.2 Å². The predicted molar refractivity (Wildman–Crippen MR) is 122 cm³/mol. The SMILES string of the molecule is CCc1ccc(CN(C)C(=O)Cn2cnc3cc(-c4ccccc4)sc3c2=O)cc1. The summed E-state index contributed by atoms with van der Waals surface area (Å²) in [5.41, 5.74) is 3.87. The van der Waals surface area contributed by atoms with E-state index in [2.05, 4.69) is 24.0 Å². The van der Waals surface area contributed by atoms with Crippen LogP contribution in [0.4, 0.5) is 0 Å². The number of aromatic nitrogens is 2. The lowest BCUT2D eigenvalue weighted by Crippen LogP contribution is -2.33. The zero-order chi connectivity index (χ0) is 21.1. The van der Waals surface area contributed by atoms with E-state index in [1.165, 1.54) is 27.8 Å². The number of likely N-dealkylation sites (N-methyl/N-ethyl adjacent to an activating group) is 1. The van der Waals surface area contributed by atoms with Crippen molar-refractivity contribution in [2.45, 2.75) is 26.4 Å². The van der Waals surface area contributed by atoms with Crippen LogP contribution in [0.5, 0.6) is 0 Å². The van der Waals surface area contributed by atoms with Crippen molar-refractivity contribution in [3.8, 4) is 10.4 Å². The molecule has 0 unspecified atom stereocenters. The van der Waals surface area contributed by atoms with Crippen molar-refractivity contribution in [3.63, 3.8) is 0 Å². The molecule has 4 aromatic rings. The zero-order valence-electron chi connectivity index (χ0n) is 17.0. The molecule has 0 N–H and O–H groups in total. The number of thiophene rings is 1. The standard InChI is InChI=1S/C24H23N3O2S/c1-3-17-9-11-18(12-10-17)14-26(2)22(28)15-27-16-25-20-13-21(30-23(20)24(27)29)19-7-5-4-6-8-19/h4-13,16H,3,14-15H2,1-2H3. The van der Waals surface area contributed by atoms with Gasteiger partial charge < -0.3 is 4.90 Å². The molecule has 0 spiro atoms. The van der Waals surface area contributed by atoms with Gasteiger partial charge in [0, 0.05) is 18.5 Å². The van der Waals surface area contributed by atoms with Crippen LogP contribution < -0.4 is 5.56 Å². The fourth-order valence-electron chi connectivity index (χ4n) is 3.31. The van der Waals surface area contributed by atoms with Gasteiger partial charge in [-0.1, -0.05) is 61.5 Å². The highest BCUT2D eigenvalue weighted by Crippen LogP contribution is 2.30. The second-order valence-electron chi connectivity index (χ2n) is 7.29. The summed E-state index contributed by atoms with van der Waals surface area (Å²) in [6, 6.07) is 20.1. The molecule has 6 heteroatoms. The second-order valence-corrected chi connectivity index (χ2v) is 8.34. The Morgan fingerprint density at radius 3 is 2.47 bits per heavy atom. The summed E-state index contributed by atoms with van der Waals surface area (Å²) in [5.74, 6) is -0.127. The summed E-state index contributed by atoms with van der Waals surface area (Å²) < 4.78 is 1.97. The maximum Gasteiger partial charge on any atom is 0.271 e. The van der Waals surface area contributed by atoms with Crippen LogP contribution in [-0.4, -0.2) is 27.4 Å². The number of rotatable bonds is 6. The van der Waals surface area contributed by atoms with E-state index in [9.17, 15) is 9.59 Å². The molecule has 0 aliphatic heterocycles. The Balaban J connectivity index is 1.52. The number of carbonyl (C=O) groups is 1. The molecular weight excluding hydrogens is 394 g/mol. The summed E-state index contributed by atoms with van der Waals surface area (Å²) in [6.07, 6.45) is 2.45. The number of fused-ring (bicyclic) bond motifs is 1. The van der Waals surface area contributed by atoms with E-state index in [1.54, 1.807) is 11.9 Å². The van der Waals surface area contributed by atoms with E-state index in [4.69, 9.17) is 0 Å². The van der Waals surface area contributed by atoms with E-state index < -0.39 is 0 Å². The zero-order valence-corrected chi connectivity index (χ0v) is 17.9. The highest BCUT2D eigenvalue weighted by Gasteiger charge is 2.15. The van der Waals surface area contributed by atoms with Gasteiger partial charge in [0.25, 0.3) is 5.56 Å². The van der Waals surface area contributed by atoms with Gasteiger partial charge in [-0.15, -0.1) is 11.3 Å². The first-order chi connectivity index (χ1) is 14.5. The molecule has 0 bridgehead atoms.